The van der Waals surface area contributed by atoms with Gasteiger partial charge in [-0.1, -0.05) is 152 Å². The lowest BCUT2D eigenvalue weighted by molar-refractivity contribution is 0.590. The minimum absolute atomic E-state index is 0.643. The monoisotopic (exact) mass is 739 g/mol. The van der Waals surface area contributed by atoms with Gasteiger partial charge in [0.05, 0.1) is 0 Å². The highest BCUT2D eigenvalue weighted by Crippen LogP contribution is 2.49. The summed E-state index contributed by atoms with van der Waals surface area (Å²) in [6.07, 6.45) is 0. The summed E-state index contributed by atoms with van der Waals surface area (Å²) in [5.41, 5.74) is 7.75. The molecule has 0 N–H and O–H groups in total. The average Bonchev–Trinajstić information content (AvgIpc) is 3.97. The fourth-order valence-corrected chi connectivity index (χ4v) is 9.00. The molecular formula is C54H33N3O. The molecule has 0 fully saturated rings. The van der Waals surface area contributed by atoms with Crippen LogP contribution in [-0.2, 0) is 0 Å². The van der Waals surface area contributed by atoms with E-state index in [0.29, 0.717) is 11.6 Å². The van der Waals surface area contributed by atoms with Crippen LogP contribution in [0.4, 0.5) is 0 Å². The predicted molar refractivity (Wildman–Crippen MR) is 240 cm³/mol. The molecule has 0 spiro atoms. The number of aromatic nitrogens is 3. The highest BCUT2D eigenvalue weighted by Gasteiger charge is 2.24. The van der Waals surface area contributed by atoms with Crippen LogP contribution < -0.4 is 0 Å². The second-order valence-electron chi connectivity index (χ2n) is 15.0. The van der Waals surface area contributed by atoms with Gasteiger partial charge in [0.2, 0.25) is 5.82 Å². The first-order valence-electron chi connectivity index (χ1n) is 19.6. The molecule has 4 nitrogen and oxygen atoms in total. The molecular weight excluding hydrogens is 707 g/mol. The molecule has 0 atom stereocenters. The molecule has 12 aromatic rings. The molecule has 0 unspecified atom stereocenters. The van der Waals surface area contributed by atoms with Gasteiger partial charge in [0.25, 0.3) is 0 Å². The summed E-state index contributed by atoms with van der Waals surface area (Å²) < 4.78 is 8.91. The van der Waals surface area contributed by atoms with E-state index in [2.05, 4.69) is 162 Å². The Labute approximate surface area is 334 Å². The highest BCUT2D eigenvalue weighted by molar-refractivity contribution is 6.31. The number of hydrogen-bond acceptors (Lipinski definition) is 3. The van der Waals surface area contributed by atoms with Crippen LogP contribution in [0.2, 0.25) is 0 Å². The van der Waals surface area contributed by atoms with Gasteiger partial charge in [0.15, 0.2) is 11.6 Å². The summed E-state index contributed by atoms with van der Waals surface area (Å²) in [6.45, 7) is 0. The summed E-state index contributed by atoms with van der Waals surface area (Å²) in [6, 6.07) is 71.4. The number of rotatable bonds is 6. The number of fused-ring (bicyclic) bond motifs is 2. The van der Waals surface area contributed by atoms with Gasteiger partial charge in [-0.2, -0.15) is 0 Å². The number of furan rings is 1. The molecule has 0 saturated carbocycles. The Hall–Kier alpha value is -7.82. The highest BCUT2D eigenvalue weighted by atomic mass is 16.3. The van der Waals surface area contributed by atoms with Crippen LogP contribution in [0.5, 0.6) is 0 Å². The third kappa shape index (κ3) is 5.09. The molecule has 58 heavy (non-hydrogen) atoms. The molecule has 4 heteroatoms. The Morgan fingerprint density at radius 1 is 0.328 bits per heavy atom. The van der Waals surface area contributed by atoms with E-state index in [1.807, 2.05) is 42.5 Å². The molecule has 0 saturated heterocycles. The third-order valence-corrected chi connectivity index (χ3v) is 11.6. The second kappa shape index (κ2) is 12.9. The number of benzene rings is 10. The molecule has 0 amide bonds. The largest absolute Gasteiger partial charge is 0.453 e. The molecule has 0 bridgehead atoms. The average molecular weight is 740 g/mol. The van der Waals surface area contributed by atoms with Gasteiger partial charge >= 0.3 is 0 Å². The van der Waals surface area contributed by atoms with Crippen molar-refractivity contribution in [3.05, 3.63) is 200 Å². The van der Waals surface area contributed by atoms with Crippen LogP contribution in [0.25, 0.3) is 116 Å². The van der Waals surface area contributed by atoms with E-state index in [1.165, 1.54) is 76.1 Å². The van der Waals surface area contributed by atoms with Crippen molar-refractivity contribution in [3.63, 3.8) is 0 Å². The van der Waals surface area contributed by atoms with Crippen LogP contribution in [-0.4, -0.2) is 14.8 Å². The van der Waals surface area contributed by atoms with Crippen molar-refractivity contribution in [2.75, 3.05) is 0 Å². The predicted octanol–water partition coefficient (Wildman–Crippen LogP) is 14.4. The fourth-order valence-electron chi connectivity index (χ4n) is 9.00. The maximum atomic E-state index is 6.84. The number of hydrogen-bond donors (Lipinski definition) is 0. The van der Waals surface area contributed by atoms with Crippen molar-refractivity contribution in [2.45, 2.75) is 0 Å². The molecule has 0 radical (unpaired) electrons. The zero-order valence-electron chi connectivity index (χ0n) is 31.3. The minimum Gasteiger partial charge on any atom is -0.453 e. The Morgan fingerprint density at radius 2 is 0.862 bits per heavy atom. The van der Waals surface area contributed by atoms with E-state index in [-0.39, 0.29) is 0 Å². The van der Waals surface area contributed by atoms with Gasteiger partial charge in [0.1, 0.15) is 5.76 Å². The van der Waals surface area contributed by atoms with Crippen LogP contribution in [0.1, 0.15) is 0 Å². The first-order valence-corrected chi connectivity index (χ1v) is 19.6. The molecule has 270 valence electrons. The van der Waals surface area contributed by atoms with Crippen LogP contribution in [0.15, 0.2) is 205 Å². The van der Waals surface area contributed by atoms with E-state index in [0.717, 1.165) is 28.4 Å². The van der Waals surface area contributed by atoms with Gasteiger partial charge < -0.3 is 4.42 Å². The van der Waals surface area contributed by atoms with Gasteiger partial charge in [-0.15, -0.1) is 10.2 Å². The SMILES string of the molecule is c1ccc(-c2nnc(-c3ccc(-c4cc5ccc6cccc7c(-c8ccc9ccccc9c8)c(-c8ccc9ccccc9c8)c(c4)c5c67)o3)n2-c2ccccc2)cc1. The van der Waals surface area contributed by atoms with E-state index in [4.69, 9.17) is 14.6 Å². The Kier molecular flexibility index (Phi) is 7.20. The van der Waals surface area contributed by atoms with Crippen molar-refractivity contribution in [3.8, 4) is 62.2 Å². The molecule has 0 aliphatic carbocycles. The second-order valence-corrected chi connectivity index (χ2v) is 15.0. The maximum Gasteiger partial charge on any atom is 0.204 e. The zero-order chi connectivity index (χ0) is 38.2. The van der Waals surface area contributed by atoms with Crippen LogP contribution >= 0.6 is 0 Å². The summed E-state index contributed by atoms with van der Waals surface area (Å²) in [4.78, 5) is 0. The van der Waals surface area contributed by atoms with Crippen LogP contribution in [0.3, 0.4) is 0 Å². The maximum absolute atomic E-state index is 6.84. The summed E-state index contributed by atoms with van der Waals surface area (Å²) in [5.74, 6) is 2.81. The minimum atomic E-state index is 0.643. The molecule has 0 aliphatic rings. The van der Waals surface area contributed by atoms with Crippen LogP contribution in [0, 0.1) is 0 Å². The van der Waals surface area contributed by atoms with E-state index < -0.39 is 0 Å². The zero-order valence-corrected chi connectivity index (χ0v) is 31.3. The number of para-hydroxylation sites is 1. The Balaban J connectivity index is 1.13. The Bertz CT molecular complexity index is 3510. The lowest BCUT2D eigenvalue weighted by Crippen LogP contribution is -1.99. The smallest absolute Gasteiger partial charge is 0.204 e. The quantitative estimate of drug-likeness (QED) is 0.160. The summed E-state index contributed by atoms with van der Waals surface area (Å²) >= 11 is 0. The standard InChI is InChI=1S/C54H33N3O/c1-3-14-37(15-4-1)53-55-56-54(57(53)44-19-5-2-6-20-44)48-29-28-47(58-48)43-32-42-27-24-36-18-11-21-45-49(36)51(42)46(33-43)52(41-26-23-35-13-8-10-17-39(35)31-41)50(45)40-25-22-34-12-7-9-16-38(34)30-40/h1-33H. The third-order valence-electron chi connectivity index (χ3n) is 11.6. The van der Waals surface area contributed by atoms with Gasteiger partial charge in [-0.3, -0.25) is 4.57 Å². The van der Waals surface area contributed by atoms with Crippen molar-refractivity contribution in [1.29, 1.82) is 0 Å². The first-order chi connectivity index (χ1) is 28.7. The summed E-state index contributed by atoms with van der Waals surface area (Å²) in [5, 5.41) is 21.7. The number of nitrogens with zero attached hydrogens (tertiary/aromatic N) is 3. The molecule has 10 aromatic carbocycles. The van der Waals surface area contributed by atoms with E-state index >= 15 is 0 Å². The lowest BCUT2D eigenvalue weighted by Gasteiger charge is -2.22. The first kappa shape index (κ1) is 32.4. The normalized spacial score (nSPS) is 11.8. The molecule has 2 heterocycles. The summed E-state index contributed by atoms with van der Waals surface area (Å²) in [7, 11) is 0. The molecule has 0 aliphatic heterocycles. The van der Waals surface area contributed by atoms with Gasteiger partial charge in [-0.25, -0.2) is 0 Å². The molecule has 2 aromatic heterocycles. The van der Waals surface area contributed by atoms with E-state index in [9.17, 15) is 0 Å². The van der Waals surface area contributed by atoms with Crippen molar-refractivity contribution < 1.29 is 4.42 Å². The van der Waals surface area contributed by atoms with E-state index in [1.54, 1.807) is 0 Å². The van der Waals surface area contributed by atoms with Gasteiger partial charge in [0, 0.05) is 16.8 Å². The van der Waals surface area contributed by atoms with Gasteiger partial charge in [-0.05, 0) is 125 Å². The van der Waals surface area contributed by atoms with Crippen molar-refractivity contribution in [2.24, 2.45) is 0 Å². The Morgan fingerprint density at radius 3 is 1.59 bits per heavy atom. The lowest BCUT2D eigenvalue weighted by atomic mass is 9.81. The topological polar surface area (TPSA) is 43.9 Å². The van der Waals surface area contributed by atoms with Crippen molar-refractivity contribution >= 4 is 53.9 Å². The fraction of sp³-hybridized carbons (Fsp3) is 0. The molecule has 12 rings (SSSR count). The van der Waals surface area contributed by atoms with Crippen molar-refractivity contribution in [1.82, 2.24) is 14.8 Å².